The number of amides is 2. The molecule has 0 aliphatic carbocycles. The fourth-order valence-corrected chi connectivity index (χ4v) is 5.14. The van der Waals surface area contributed by atoms with Gasteiger partial charge in [-0.05, 0) is 42.5 Å². The van der Waals surface area contributed by atoms with E-state index < -0.39 is 12.1 Å². The van der Waals surface area contributed by atoms with E-state index in [1.165, 1.54) is 7.11 Å². The number of carbonyl (C=O) groups excluding carboxylic acids is 2. The molecule has 196 valence electrons. The Bertz CT molecular complexity index is 1470. The second kappa shape index (κ2) is 10.9. The first-order chi connectivity index (χ1) is 18.3. The lowest BCUT2D eigenvalue weighted by molar-refractivity contribution is -0.135. The summed E-state index contributed by atoms with van der Waals surface area (Å²) in [6.45, 7) is 4.42. The number of carbonyl (C=O) groups is 2. The molecular weight excluding hydrogens is 548 g/mol. The van der Waals surface area contributed by atoms with Crippen LogP contribution in [0.15, 0.2) is 59.3 Å². The maximum atomic E-state index is 13.4. The van der Waals surface area contributed by atoms with Crippen molar-refractivity contribution in [2.45, 2.75) is 38.8 Å². The summed E-state index contributed by atoms with van der Waals surface area (Å²) in [7, 11) is 1.29. The monoisotopic (exact) mass is 576 g/mol. The highest BCUT2D eigenvalue weighted by Gasteiger charge is 2.37. The quantitative estimate of drug-likeness (QED) is 0.313. The lowest BCUT2D eigenvalue weighted by atomic mass is 10.0. The van der Waals surface area contributed by atoms with Crippen molar-refractivity contribution in [2.24, 2.45) is 5.92 Å². The average molecular weight is 577 g/mol. The lowest BCUT2D eigenvalue weighted by Crippen LogP contribution is -2.51. The molecule has 2 N–H and O–H groups in total. The predicted octanol–water partition coefficient (Wildman–Crippen LogP) is 5.49. The Kier molecular flexibility index (Phi) is 7.42. The summed E-state index contributed by atoms with van der Waals surface area (Å²) in [6, 6.07) is 13.1. The normalized spacial score (nSPS) is 16.1. The summed E-state index contributed by atoms with van der Waals surface area (Å²) in [6.07, 6.45) is 4.64. The van der Waals surface area contributed by atoms with Crippen molar-refractivity contribution in [1.29, 1.82) is 0 Å². The molecule has 1 aliphatic rings. The number of likely N-dealkylation sites (tertiary alicyclic amines) is 1. The minimum atomic E-state index is -0.662. The third-order valence-electron chi connectivity index (χ3n) is 6.83. The van der Waals surface area contributed by atoms with Gasteiger partial charge < -0.3 is 19.9 Å². The van der Waals surface area contributed by atoms with E-state index in [4.69, 9.17) is 9.72 Å². The molecule has 0 bridgehead atoms. The Hall–Kier alpha value is -3.79. The highest BCUT2D eigenvalue weighted by Crippen LogP contribution is 2.33. The van der Waals surface area contributed by atoms with Gasteiger partial charge in [-0.1, -0.05) is 54.0 Å². The highest BCUT2D eigenvalue weighted by atomic mass is 79.9. The molecule has 1 aliphatic heterocycles. The van der Waals surface area contributed by atoms with Gasteiger partial charge in [0, 0.05) is 16.6 Å². The molecule has 2 aromatic carbocycles. The van der Waals surface area contributed by atoms with Crippen molar-refractivity contribution in [2.75, 3.05) is 13.7 Å². The fraction of sp³-hybridized carbons (Fsp3) is 0.321. The minimum absolute atomic E-state index is 0.0808. The van der Waals surface area contributed by atoms with Crippen molar-refractivity contribution in [1.82, 2.24) is 30.2 Å². The first kappa shape index (κ1) is 25.8. The molecule has 3 heterocycles. The second-order valence-electron chi connectivity index (χ2n) is 9.70. The molecule has 1 saturated heterocycles. The SMILES string of the molecule is COC(=O)N[C@H](C(=O)N1CCC[C@H]1c1ncc(-c2ccc(-c3cnc4cc(Br)ccc4n3)cc2)[nH]1)C(C)C. The third-order valence-corrected chi connectivity index (χ3v) is 7.33. The zero-order valence-corrected chi connectivity index (χ0v) is 23.0. The molecule has 4 aromatic rings. The van der Waals surface area contributed by atoms with Crippen LogP contribution < -0.4 is 5.32 Å². The van der Waals surface area contributed by atoms with E-state index >= 15 is 0 Å². The van der Waals surface area contributed by atoms with Gasteiger partial charge in [0.05, 0.1) is 48.0 Å². The van der Waals surface area contributed by atoms with Crippen LogP contribution in [0.25, 0.3) is 33.5 Å². The number of aromatic nitrogens is 4. The van der Waals surface area contributed by atoms with Crippen molar-refractivity contribution in [3.05, 3.63) is 65.2 Å². The largest absolute Gasteiger partial charge is 0.453 e. The number of nitrogens with zero attached hydrogens (tertiary/aromatic N) is 4. The molecule has 2 atom stereocenters. The van der Waals surface area contributed by atoms with Crippen LogP contribution in [0.2, 0.25) is 0 Å². The number of fused-ring (bicyclic) bond motifs is 1. The molecule has 0 radical (unpaired) electrons. The van der Waals surface area contributed by atoms with Crippen LogP contribution in [-0.2, 0) is 9.53 Å². The van der Waals surface area contributed by atoms with Crippen LogP contribution in [0.5, 0.6) is 0 Å². The van der Waals surface area contributed by atoms with Gasteiger partial charge in [0.25, 0.3) is 0 Å². The number of alkyl carbamates (subject to hydrolysis) is 1. The number of hydrogen-bond donors (Lipinski definition) is 2. The van der Waals surface area contributed by atoms with E-state index in [0.29, 0.717) is 6.54 Å². The van der Waals surface area contributed by atoms with Gasteiger partial charge in [-0.25, -0.2) is 14.8 Å². The highest BCUT2D eigenvalue weighted by molar-refractivity contribution is 9.10. The van der Waals surface area contributed by atoms with Crippen molar-refractivity contribution in [3.63, 3.8) is 0 Å². The summed E-state index contributed by atoms with van der Waals surface area (Å²) in [5.74, 6) is 0.531. The van der Waals surface area contributed by atoms with Crippen molar-refractivity contribution in [3.8, 4) is 22.5 Å². The number of H-pyrrole nitrogens is 1. The Morgan fingerprint density at radius 3 is 2.58 bits per heavy atom. The van der Waals surface area contributed by atoms with Gasteiger partial charge in [-0.3, -0.25) is 9.78 Å². The zero-order chi connectivity index (χ0) is 26.8. The number of methoxy groups -OCH3 is 1. The number of hydrogen-bond acceptors (Lipinski definition) is 6. The van der Waals surface area contributed by atoms with Crippen LogP contribution in [0, 0.1) is 5.92 Å². The molecule has 5 rings (SSSR count). The van der Waals surface area contributed by atoms with Crippen LogP contribution >= 0.6 is 15.9 Å². The summed E-state index contributed by atoms with van der Waals surface area (Å²) < 4.78 is 5.69. The van der Waals surface area contributed by atoms with Gasteiger partial charge in [-0.2, -0.15) is 0 Å². The zero-order valence-electron chi connectivity index (χ0n) is 21.4. The Balaban J connectivity index is 1.33. The first-order valence-electron chi connectivity index (χ1n) is 12.6. The molecule has 10 heteroatoms. The number of imidazole rings is 1. The Morgan fingerprint density at radius 2 is 1.84 bits per heavy atom. The maximum absolute atomic E-state index is 13.4. The second-order valence-corrected chi connectivity index (χ2v) is 10.6. The summed E-state index contributed by atoms with van der Waals surface area (Å²) >= 11 is 3.47. The Labute approximate surface area is 229 Å². The van der Waals surface area contributed by atoms with Gasteiger partial charge in [0.15, 0.2) is 0 Å². The maximum Gasteiger partial charge on any atom is 0.407 e. The summed E-state index contributed by atoms with van der Waals surface area (Å²) in [5, 5.41) is 2.68. The standard InChI is InChI=1S/C28H29BrN6O3/c1-16(2)25(34-28(37)38-3)27(36)35-12-4-5-24(35)26-31-15-23(33-26)18-8-6-17(7-9-18)22-14-30-21-13-19(29)10-11-20(21)32-22/h6-11,13-16,24-25H,4-5,12H2,1-3H3,(H,31,33)(H,34,37)/t24-,25-/m0/s1. The van der Waals surface area contributed by atoms with E-state index in [0.717, 1.165) is 56.7 Å². The van der Waals surface area contributed by atoms with E-state index in [-0.39, 0.29) is 17.9 Å². The van der Waals surface area contributed by atoms with Crippen LogP contribution in [-0.4, -0.2) is 56.5 Å². The molecule has 1 fully saturated rings. The van der Waals surface area contributed by atoms with E-state index in [1.807, 2.05) is 61.2 Å². The van der Waals surface area contributed by atoms with Gasteiger partial charge in [-0.15, -0.1) is 0 Å². The number of rotatable bonds is 6. The molecule has 0 saturated carbocycles. The third kappa shape index (κ3) is 5.26. The van der Waals surface area contributed by atoms with Crippen molar-refractivity contribution >= 4 is 39.0 Å². The van der Waals surface area contributed by atoms with Gasteiger partial charge >= 0.3 is 6.09 Å². The van der Waals surface area contributed by atoms with E-state index in [2.05, 4.69) is 36.2 Å². The van der Waals surface area contributed by atoms with Crippen LogP contribution in [0.4, 0.5) is 4.79 Å². The molecule has 2 amide bonds. The van der Waals surface area contributed by atoms with Gasteiger partial charge in [0.1, 0.15) is 11.9 Å². The lowest BCUT2D eigenvalue weighted by Gasteiger charge is -2.30. The fourth-order valence-electron chi connectivity index (χ4n) is 4.79. The molecule has 9 nitrogen and oxygen atoms in total. The van der Waals surface area contributed by atoms with Crippen LogP contribution in [0.1, 0.15) is 38.6 Å². The molecule has 38 heavy (non-hydrogen) atoms. The smallest absolute Gasteiger partial charge is 0.407 e. The Morgan fingerprint density at radius 1 is 1.08 bits per heavy atom. The number of aromatic amines is 1. The van der Waals surface area contributed by atoms with Crippen LogP contribution in [0.3, 0.4) is 0 Å². The summed E-state index contributed by atoms with van der Waals surface area (Å²) in [4.78, 5) is 44.3. The van der Waals surface area contributed by atoms with E-state index in [1.54, 1.807) is 12.4 Å². The summed E-state index contributed by atoms with van der Waals surface area (Å²) in [5.41, 5.74) is 5.30. The molecule has 0 spiro atoms. The number of ether oxygens (including phenoxy) is 1. The number of nitrogens with one attached hydrogen (secondary N) is 2. The molecule has 0 unspecified atom stereocenters. The van der Waals surface area contributed by atoms with E-state index in [9.17, 15) is 9.59 Å². The number of halogens is 1. The average Bonchev–Trinajstić information content (AvgIpc) is 3.61. The topological polar surface area (TPSA) is 113 Å². The van der Waals surface area contributed by atoms with Crippen molar-refractivity contribution < 1.29 is 14.3 Å². The molecular formula is C28H29BrN6O3. The molecule has 2 aromatic heterocycles. The minimum Gasteiger partial charge on any atom is -0.453 e. The number of benzene rings is 2. The predicted molar refractivity (Wildman–Crippen MR) is 148 cm³/mol. The van der Waals surface area contributed by atoms with Gasteiger partial charge in [0.2, 0.25) is 5.91 Å². The first-order valence-corrected chi connectivity index (χ1v) is 13.4.